The summed E-state index contributed by atoms with van der Waals surface area (Å²) in [5, 5.41) is 0.849. The van der Waals surface area contributed by atoms with Crippen molar-refractivity contribution in [1.82, 2.24) is 4.90 Å². The van der Waals surface area contributed by atoms with Crippen molar-refractivity contribution in [2.45, 2.75) is 5.92 Å². The summed E-state index contributed by atoms with van der Waals surface area (Å²) in [7, 11) is 2.14. The number of rotatable bonds is 1. The third-order valence-corrected chi connectivity index (χ3v) is 2.62. The molecule has 0 bridgehead atoms. The highest BCUT2D eigenvalue weighted by molar-refractivity contribution is 6.30. The van der Waals surface area contributed by atoms with Crippen LogP contribution in [0.5, 0.6) is 0 Å². The average Bonchev–Trinajstić information content (AvgIpc) is 1.99. The minimum Gasteiger partial charge on any atom is -0.305 e. The normalized spacial score (nSPS) is 19.2. The lowest BCUT2D eigenvalue weighted by Crippen LogP contribution is -2.41. The molecule has 1 aromatic rings. The summed E-state index contributed by atoms with van der Waals surface area (Å²) in [4.78, 5) is 2.31. The molecular weight excluding hydrogens is 170 g/mol. The van der Waals surface area contributed by atoms with Gasteiger partial charge in [-0.15, -0.1) is 0 Å². The smallest absolute Gasteiger partial charge is 0.0408 e. The molecule has 2 heteroatoms. The highest BCUT2D eigenvalue weighted by Crippen LogP contribution is 2.26. The third-order valence-electron chi connectivity index (χ3n) is 2.38. The van der Waals surface area contributed by atoms with E-state index in [4.69, 9.17) is 11.6 Å². The standard InChI is InChI=1S/C10H12ClN/c1-12-6-9(7-12)8-3-2-4-10(11)5-8/h2-5,9H,6-7H2,1H3. The first kappa shape index (κ1) is 8.09. The van der Waals surface area contributed by atoms with Gasteiger partial charge in [0.25, 0.3) is 0 Å². The molecule has 64 valence electrons. The first-order valence-corrected chi connectivity index (χ1v) is 4.57. The van der Waals surface area contributed by atoms with Gasteiger partial charge in [0.05, 0.1) is 0 Å². The second kappa shape index (κ2) is 3.08. The highest BCUT2D eigenvalue weighted by atomic mass is 35.5. The Labute approximate surface area is 77.9 Å². The molecule has 1 heterocycles. The van der Waals surface area contributed by atoms with Crippen LogP contribution in [0.3, 0.4) is 0 Å². The van der Waals surface area contributed by atoms with Crippen LogP contribution in [0.2, 0.25) is 5.02 Å². The summed E-state index contributed by atoms with van der Waals surface area (Å²) in [6.07, 6.45) is 0. The van der Waals surface area contributed by atoms with Crippen LogP contribution in [0, 0.1) is 0 Å². The first-order valence-electron chi connectivity index (χ1n) is 4.20. The molecule has 1 fully saturated rings. The van der Waals surface area contributed by atoms with E-state index >= 15 is 0 Å². The molecule has 0 amide bonds. The zero-order valence-corrected chi connectivity index (χ0v) is 7.88. The first-order chi connectivity index (χ1) is 5.75. The maximum absolute atomic E-state index is 5.89. The molecule has 0 unspecified atom stereocenters. The Morgan fingerprint density at radius 3 is 2.75 bits per heavy atom. The van der Waals surface area contributed by atoms with Gasteiger partial charge in [0.1, 0.15) is 0 Å². The van der Waals surface area contributed by atoms with E-state index in [-0.39, 0.29) is 0 Å². The van der Waals surface area contributed by atoms with Gasteiger partial charge < -0.3 is 4.90 Å². The summed E-state index contributed by atoms with van der Waals surface area (Å²) in [5.74, 6) is 0.702. The van der Waals surface area contributed by atoms with Crippen molar-refractivity contribution < 1.29 is 0 Å². The maximum atomic E-state index is 5.89. The topological polar surface area (TPSA) is 3.24 Å². The van der Waals surface area contributed by atoms with E-state index in [1.165, 1.54) is 18.7 Å². The number of nitrogens with zero attached hydrogens (tertiary/aromatic N) is 1. The van der Waals surface area contributed by atoms with E-state index in [9.17, 15) is 0 Å². The van der Waals surface area contributed by atoms with Crippen LogP contribution in [-0.2, 0) is 0 Å². The van der Waals surface area contributed by atoms with Gasteiger partial charge in [-0.05, 0) is 24.7 Å². The minimum absolute atomic E-state index is 0.702. The molecule has 1 aromatic carbocycles. The number of hydrogen-bond donors (Lipinski definition) is 0. The Morgan fingerprint density at radius 1 is 1.42 bits per heavy atom. The molecule has 0 saturated carbocycles. The van der Waals surface area contributed by atoms with E-state index in [1.807, 2.05) is 12.1 Å². The van der Waals surface area contributed by atoms with Crippen LogP contribution in [0.15, 0.2) is 24.3 Å². The quantitative estimate of drug-likeness (QED) is 0.643. The number of likely N-dealkylation sites (tertiary alicyclic amines) is 1. The summed E-state index contributed by atoms with van der Waals surface area (Å²) in [6, 6.07) is 8.17. The second-order valence-corrected chi connectivity index (χ2v) is 3.91. The fourth-order valence-electron chi connectivity index (χ4n) is 1.67. The Bertz CT molecular complexity index is 279. The molecule has 1 aliphatic heterocycles. The van der Waals surface area contributed by atoms with Crippen molar-refractivity contribution in [3.05, 3.63) is 34.9 Å². The summed E-state index contributed by atoms with van der Waals surface area (Å²) < 4.78 is 0. The predicted molar refractivity (Wildman–Crippen MR) is 51.7 cm³/mol. The van der Waals surface area contributed by atoms with E-state index in [0.717, 1.165) is 5.02 Å². The lowest BCUT2D eigenvalue weighted by Gasteiger charge is -2.36. The Morgan fingerprint density at radius 2 is 2.17 bits per heavy atom. The van der Waals surface area contributed by atoms with Gasteiger partial charge in [0.15, 0.2) is 0 Å². The SMILES string of the molecule is CN1CC(c2cccc(Cl)c2)C1. The predicted octanol–water partition coefficient (Wildman–Crippen LogP) is 2.37. The number of likely N-dealkylation sites (N-methyl/N-ethyl adjacent to an activating group) is 1. The molecule has 1 saturated heterocycles. The number of halogens is 1. The molecular formula is C10H12ClN. The van der Waals surface area contributed by atoms with Gasteiger partial charge in [-0.1, -0.05) is 23.7 Å². The van der Waals surface area contributed by atoms with Crippen LogP contribution in [0.1, 0.15) is 11.5 Å². The maximum Gasteiger partial charge on any atom is 0.0408 e. The van der Waals surface area contributed by atoms with E-state index in [0.29, 0.717) is 5.92 Å². The summed E-state index contributed by atoms with van der Waals surface area (Å²) in [6.45, 7) is 2.33. The summed E-state index contributed by atoms with van der Waals surface area (Å²) >= 11 is 5.89. The molecule has 0 spiro atoms. The lowest BCUT2D eigenvalue weighted by molar-refractivity contribution is 0.190. The molecule has 12 heavy (non-hydrogen) atoms. The number of benzene rings is 1. The van der Waals surface area contributed by atoms with Crippen LogP contribution in [-0.4, -0.2) is 25.0 Å². The molecule has 1 aliphatic rings. The molecule has 0 atom stereocenters. The highest BCUT2D eigenvalue weighted by Gasteiger charge is 2.24. The van der Waals surface area contributed by atoms with Gasteiger partial charge >= 0.3 is 0 Å². The molecule has 0 aliphatic carbocycles. The van der Waals surface area contributed by atoms with Crippen LogP contribution in [0.4, 0.5) is 0 Å². The van der Waals surface area contributed by atoms with E-state index in [2.05, 4.69) is 24.1 Å². The largest absolute Gasteiger partial charge is 0.305 e. The van der Waals surface area contributed by atoms with Gasteiger partial charge in [0, 0.05) is 24.0 Å². The second-order valence-electron chi connectivity index (χ2n) is 3.47. The zero-order chi connectivity index (χ0) is 8.55. The molecule has 0 aromatic heterocycles. The molecule has 0 N–H and O–H groups in total. The lowest BCUT2D eigenvalue weighted by atomic mass is 9.92. The van der Waals surface area contributed by atoms with Crippen LogP contribution >= 0.6 is 11.6 Å². The van der Waals surface area contributed by atoms with Crippen molar-refractivity contribution in [3.8, 4) is 0 Å². The van der Waals surface area contributed by atoms with Crippen molar-refractivity contribution in [3.63, 3.8) is 0 Å². The van der Waals surface area contributed by atoms with Gasteiger partial charge in [-0.2, -0.15) is 0 Å². The monoisotopic (exact) mass is 181 g/mol. The average molecular weight is 182 g/mol. The van der Waals surface area contributed by atoms with Crippen molar-refractivity contribution in [2.75, 3.05) is 20.1 Å². The third kappa shape index (κ3) is 1.47. The fourth-order valence-corrected chi connectivity index (χ4v) is 1.87. The van der Waals surface area contributed by atoms with Crippen LogP contribution < -0.4 is 0 Å². The van der Waals surface area contributed by atoms with Crippen molar-refractivity contribution in [1.29, 1.82) is 0 Å². The zero-order valence-electron chi connectivity index (χ0n) is 7.13. The van der Waals surface area contributed by atoms with Crippen LogP contribution in [0.25, 0.3) is 0 Å². The number of hydrogen-bond acceptors (Lipinski definition) is 1. The molecule has 2 rings (SSSR count). The van der Waals surface area contributed by atoms with Crippen molar-refractivity contribution >= 4 is 11.6 Å². The van der Waals surface area contributed by atoms with Gasteiger partial charge in [-0.25, -0.2) is 0 Å². The Balaban J connectivity index is 2.13. The van der Waals surface area contributed by atoms with Gasteiger partial charge in [-0.3, -0.25) is 0 Å². The van der Waals surface area contributed by atoms with Gasteiger partial charge in [0.2, 0.25) is 0 Å². The van der Waals surface area contributed by atoms with Crippen molar-refractivity contribution in [2.24, 2.45) is 0 Å². The van der Waals surface area contributed by atoms with E-state index < -0.39 is 0 Å². The fraction of sp³-hybridized carbons (Fsp3) is 0.400. The Kier molecular flexibility index (Phi) is 2.07. The Hall–Kier alpha value is -0.530. The molecule has 0 radical (unpaired) electrons. The summed E-state index contributed by atoms with van der Waals surface area (Å²) in [5.41, 5.74) is 1.38. The molecule has 1 nitrogen and oxygen atoms in total. The van der Waals surface area contributed by atoms with E-state index in [1.54, 1.807) is 0 Å². The minimum atomic E-state index is 0.702.